The Kier molecular flexibility index (Phi) is 5.31. The van der Waals surface area contributed by atoms with Crippen molar-refractivity contribution in [3.63, 3.8) is 0 Å². The number of carbonyl (C=O) groups excluding carboxylic acids is 1. The average molecular weight is 286 g/mol. The topological polar surface area (TPSA) is 95.5 Å². The van der Waals surface area contributed by atoms with Crippen LogP contribution in [0.1, 0.15) is 26.7 Å². The van der Waals surface area contributed by atoms with Crippen LogP contribution < -0.4 is 10.6 Å². The Morgan fingerprint density at radius 2 is 2.05 bits per heavy atom. The molecule has 0 heterocycles. The van der Waals surface area contributed by atoms with Crippen molar-refractivity contribution < 1.29 is 17.8 Å². The summed E-state index contributed by atoms with van der Waals surface area (Å²) in [6.45, 7) is 4.02. The first-order chi connectivity index (χ1) is 8.84. The van der Waals surface area contributed by atoms with Crippen LogP contribution in [0, 0.1) is 0 Å². The summed E-state index contributed by atoms with van der Waals surface area (Å²) in [5, 5.41) is 5.42. The largest absolute Gasteiger partial charge is 0.385 e. The van der Waals surface area contributed by atoms with Gasteiger partial charge in [-0.15, -0.1) is 0 Å². The summed E-state index contributed by atoms with van der Waals surface area (Å²) in [6, 6.07) is 4.39. The van der Waals surface area contributed by atoms with Crippen LogP contribution in [0.5, 0.6) is 0 Å². The average Bonchev–Trinajstić information content (AvgIpc) is 2.29. The molecule has 0 bridgehead atoms. The summed E-state index contributed by atoms with van der Waals surface area (Å²) < 4.78 is 31.8. The highest BCUT2D eigenvalue weighted by atomic mass is 32.2. The van der Waals surface area contributed by atoms with Crippen LogP contribution in [0.25, 0.3) is 0 Å². The van der Waals surface area contributed by atoms with Gasteiger partial charge in [-0.25, -0.2) is 0 Å². The van der Waals surface area contributed by atoms with Gasteiger partial charge in [0.2, 0.25) is 5.91 Å². The zero-order chi connectivity index (χ0) is 14.5. The van der Waals surface area contributed by atoms with E-state index in [4.69, 9.17) is 0 Å². The third kappa shape index (κ3) is 4.88. The molecule has 1 aromatic rings. The predicted octanol–water partition coefficient (Wildman–Crippen LogP) is 2.10. The molecule has 0 aliphatic carbocycles. The predicted molar refractivity (Wildman–Crippen MR) is 74.0 cm³/mol. The summed E-state index contributed by atoms with van der Waals surface area (Å²) in [5.41, 5.74) is 0.645. The Bertz CT molecular complexity index is 555. The lowest BCUT2D eigenvalue weighted by molar-refractivity contribution is -0.114. The molecule has 0 aromatic heterocycles. The smallest absolute Gasteiger partial charge is 0.296 e. The molecule has 0 aliphatic heterocycles. The van der Waals surface area contributed by atoms with Crippen molar-refractivity contribution in [2.24, 2.45) is 0 Å². The summed E-state index contributed by atoms with van der Waals surface area (Å²) >= 11 is 0. The first-order valence-electron chi connectivity index (χ1n) is 5.97. The minimum absolute atomic E-state index is 0.0658. The molecule has 1 amide bonds. The Morgan fingerprint density at radius 3 is 2.58 bits per heavy atom. The third-order valence-electron chi connectivity index (χ3n) is 2.43. The Labute approximate surface area is 113 Å². The van der Waals surface area contributed by atoms with Gasteiger partial charge in [-0.2, -0.15) is 8.42 Å². The van der Waals surface area contributed by atoms with E-state index < -0.39 is 16.0 Å². The highest BCUT2D eigenvalue weighted by molar-refractivity contribution is 7.86. The lowest BCUT2D eigenvalue weighted by Crippen LogP contribution is -2.11. The minimum Gasteiger partial charge on any atom is -0.385 e. The van der Waals surface area contributed by atoms with Crippen molar-refractivity contribution in [3.8, 4) is 0 Å². The molecule has 0 radical (unpaired) electrons. The number of amides is 1. The monoisotopic (exact) mass is 286 g/mol. The van der Waals surface area contributed by atoms with E-state index >= 15 is 0 Å². The van der Waals surface area contributed by atoms with E-state index in [2.05, 4.69) is 10.6 Å². The van der Waals surface area contributed by atoms with Crippen LogP contribution in [0.15, 0.2) is 23.1 Å². The summed E-state index contributed by atoms with van der Waals surface area (Å²) in [4.78, 5) is 10.7. The van der Waals surface area contributed by atoms with Crippen molar-refractivity contribution in [1.82, 2.24) is 0 Å². The lowest BCUT2D eigenvalue weighted by Gasteiger charge is -2.11. The van der Waals surface area contributed by atoms with E-state index in [1.807, 2.05) is 6.92 Å². The van der Waals surface area contributed by atoms with Crippen molar-refractivity contribution in [2.75, 3.05) is 17.2 Å². The highest BCUT2D eigenvalue weighted by Gasteiger charge is 2.17. The molecule has 6 nitrogen and oxygen atoms in total. The van der Waals surface area contributed by atoms with Crippen molar-refractivity contribution in [3.05, 3.63) is 18.2 Å². The van der Waals surface area contributed by atoms with Gasteiger partial charge >= 0.3 is 0 Å². The van der Waals surface area contributed by atoms with Gasteiger partial charge in [-0.05, 0) is 24.6 Å². The number of anilines is 2. The van der Waals surface area contributed by atoms with Gasteiger partial charge < -0.3 is 10.6 Å². The summed E-state index contributed by atoms with van der Waals surface area (Å²) in [5.74, 6) is -0.406. The van der Waals surface area contributed by atoms with E-state index in [1.54, 1.807) is 6.07 Å². The molecule has 0 saturated carbocycles. The third-order valence-corrected chi connectivity index (χ3v) is 3.32. The fourth-order valence-electron chi connectivity index (χ4n) is 1.55. The molecule has 1 rings (SSSR count). The second kappa shape index (κ2) is 6.53. The SMILES string of the molecule is CCCCNc1ccc(NC(C)=O)c(S(=O)(=O)O)c1. The van der Waals surface area contributed by atoms with E-state index in [-0.39, 0.29) is 10.6 Å². The van der Waals surface area contributed by atoms with Crippen LogP contribution in [-0.4, -0.2) is 25.4 Å². The van der Waals surface area contributed by atoms with Crippen molar-refractivity contribution in [1.29, 1.82) is 0 Å². The van der Waals surface area contributed by atoms with Gasteiger partial charge in [-0.3, -0.25) is 9.35 Å². The Balaban J connectivity index is 3.05. The molecular weight excluding hydrogens is 268 g/mol. The van der Waals surface area contributed by atoms with E-state index in [0.29, 0.717) is 12.2 Å². The van der Waals surface area contributed by atoms with Gasteiger partial charge in [0.05, 0.1) is 5.69 Å². The number of hydrogen-bond acceptors (Lipinski definition) is 4. The zero-order valence-electron chi connectivity index (χ0n) is 10.9. The quantitative estimate of drug-likeness (QED) is 0.550. The fourth-order valence-corrected chi connectivity index (χ4v) is 2.22. The standard InChI is InChI=1S/C12H18N2O4S/c1-3-4-7-13-10-5-6-11(14-9(2)15)12(8-10)19(16,17)18/h5-6,8,13H,3-4,7H2,1-2H3,(H,14,15)(H,16,17,18). The number of benzene rings is 1. The number of carbonyl (C=O) groups is 1. The maximum absolute atomic E-state index is 11.3. The minimum atomic E-state index is -4.39. The van der Waals surface area contributed by atoms with E-state index in [9.17, 15) is 17.8 Å². The van der Waals surface area contributed by atoms with Gasteiger partial charge in [0.1, 0.15) is 4.90 Å². The van der Waals surface area contributed by atoms with Crippen LogP contribution in [0.3, 0.4) is 0 Å². The number of unbranched alkanes of at least 4 members (excludes halogenated alkanes) is 1. The van der Waals surface area contributed by atoms with E-state index in [1.165, 1.54) is 19.1 Å². The zero-order valence-corrected chi connectivity index (χ0v) is 11.8. The first-order valence-corrected chi connectivity index (χ1v) is 7.41. The van der Waals surface area contributed by atoms with Gasteiger partial charge in [0, 0.05) is 19.2 Å². The molecule has 19 heavy (non-hydrogen) atoms. The van der Waals surface area contributed by atoms with Gasteiger partial charge in [0.25, 0.3) is 10.1 Å². The second-order valence-corrected chi connectivity index (χ2v) is 5.54. The van der Waals surface area contributed by atoms with Crippen LogP contribution in [-0.2, 0) is 14.9 Å². The summed E-state index contributed by atoms with van der Waals surface area (Å²) in [7, 11) is -4.39. The number of hydrogen-bond donors (Lipinski definition) is 3. The highest BCUT2D eigenvalue weighted by Crippen LogP contribution is 2.25. The Morgan fingerprint density at radius 1 is 1.37 bits per heavy atom. The number of rotatable bonds is 6. The van der Waals surface area contributed by atoms with Gasteiger partial charge in [0.15, 0.2) is 0 Å². The van der Waals surface area contributed by atoms with Crippen molar-refractivity contribution in [2.45, 2.75) is 31.6 Å². The van der Waals surface area contributed by atoms with Crippen molar-refractivity contribution >= 4 is 27.4 Å². The summed E-state index contributed by atoms with van der Waals surface area (Å²) in [6.07, 6.45) is 1.97. The molecule has 3 N–H and O–H groups in total. The molecule has 106 valence electrons. The molecule has 0 saturated heterocycles. The molecule has 0 unspecified atom stereocenters. The lowest BCUT2D eigenvalue weighted by atomic mass is 10.2. The molecule has 0 atom stereocenters. The van der Waals surface area contributed by atoms with Crippen LogP contribution >= 0.6 is 0 Å². The second-order valence-electron chi connectivity index (χ2n) is 4.15. The van der Waals surface area contributed by atoms with Crippen LogP contribution in [0.2, 0.25) is 0 Å². The van der Waals surface area contributed by atoms with Gasteiger partial charge in [-0.1, -0.05) is 13.3 Å². The Hall–Kier alpha value is -1.60. The van der Waals surface area contributed by atoms with Crippen LogP contribution in [0.4, 0.5) is 11.4 Å². The maximum atomic E-state index is 11.3. The molecular formula is C12H18N2O4S. The normalized spacial score (nSPS) is 11.1. The number of nitrogens with one attached hydrogen (secondary N) is 2. The first kappa shape index (κ1) is 15.5. The molecule has 0 spiro atoms. The van der Waals surface area contributed by atoms with E-state index in [0.717, 1.165) is 12.8 Å². The molecule has 1 aromatic carbocycles. The maximum Gasteiger partial charge on any atom is 0.296 e. The molecule has 0 aliphatic rings. The molecule has 0 fully saturated rings. The fraction of sp³-hybridized carbons (Fsp3) is 0.417. The molecule has 7 heteroatoms.